The van der Waals surface area contributed by atoms with Crippen LogP contribution in [0.3, 0.4) is 0 Å². The summed E-state index contributed by atoms with van der Waals surface area (Å²) in [5.74, 6) is 0.972. The van der Waals surface area contributed by atoms with Crippen LogP contribution in [0.2, 0.25) is 10.0 Å². The number of hydrogen-bond acceptors (Lipinski definition) is 4. The molecular weight excluding hydrogens is 503 g/mol. The lowest BCUT2D eigenvalue weighted by Gasteiger charge is -2.44. The average Bonchev–Trinajstić information content (AvgIpc) is 2.89. The molecule has 0 radical (unpaired) electrons. The molecule has 2 N–H and O–H groups in total. The Hall–Kier alpha value is -1.27. The first-order valence-corrected chi connectivity index (χ1v) is 12.9. The van der Waals surface area contributed by atoms with E-state index in [2.05, 4.69) is 28.8 Å². The van der Waals surface area contributed by atoms with Crippen molar-refractivity contribution in [2.75, 3.05) is 28.3 Å². The van der Waals surface area contributed by atoms with Crippen LogP contribution >= 0.6 is 35.6 Å². The molecule has 3 atom stereocenters. The topological polar surface area (TPSA) is 42.5 Å². The number of nitrogens with one attached hydrogen (secondary N) is 2. The fraction of sp³-hybridized carbons (Fsp3) is 0.500. The van der Waals surface area contributed by atoms with Gasteiger partial charge in [-0.1, -0.05) is 72.4 Å². The highest BCUT2D eigenvalue weighted by molar-refractivity contribution is 6.31. The summed E-state index contributed by atoms with van der Waals surface area (Å²) in [6.07, 6.45) is 10.2. The van der Waals surface area contributed by atoms with Crippen molar-refractivity contribution in [3.63, 3.8) is 0 Å². The van der Waals surface area contributed by atoms with E-state index in [1.807, 2.05) is 50.5 Å². The molecule has 0 spiro atoms. The third-order valence-electron chi connectivity index (χ3n) is 7.41. The fourth-order valence-corrected chi connectivity index (χ4v) is 6.23. The minimum absolute atomic E-state index is 0. The molecule has 7 heteroatoms. The first kappa shape index (κ1) is 30.0. The normalized spacial score (nSPS) is 26.0. The molecule has 1 unspecified atom stereocenters. The standard InChI is InChI=1S/C14H20ClNO.C14H18ClNO.ClH/c2*1-16-14(10-6-5-9-13(14)17-2)11-7-3-4-8-12(11)15;/h3-4,7-8,13,16H,5-6,9-10H2,1-2H3;3-4,7-9,16H,5-6,10H2,1-2H3;1H/t13?,14-;14-;/m00./s1. The van der Waals surface area contributed by atoms with Gasteiger partial charge in [0.05, 0.1) is 18.8 Å². The van der Waals surface area contributed by atoms with Crippen LogP contribution in [0.5, 0.6) is 0 Å². The van der Waals surface area contributed by atoms with E-state index in [-0.39, 0.29) is 29.6 Å². The summed E-state index contributed by atoms with van der Waals surface area (Å²) in [4.78, 5) is 0. The number of rotatable bonds is 6. The third kappa shape index (κ3) is 6.18. The van der Waals surface area contributed by atoms with Gasteiger partial charge in [-0.3, -0.25) is 0 Å². The predicted octanol–water partition coefficient (Wildman–Crippen LogP) is 7.23. The zero-order valence-corrected chi connectivity index (χ0v) is 23.5. The van der Waals surface area contributed by atoms with Crippen LogP contribution in [0.1, 0.15) is 56.1 Å². The first-order valence-electron chi connectivity index (χ1n) is 12.1. The van der Waals surface area contributed by atoms with E-state index >= 15 is 0 Å². The van der Waals surface area contributed by atoms with Crippen LogP contribution < -0.4 is 10.6 Å². The second-order valence-corrected chi connectivity index (χ2v) is 9.79. The maximum atomic E-state index is 6.35. The third-order valence-corrected chi connectivity index (χ3v) is 8.07. The molecule has 4 rings (SSSR count). The zero-order chi connectivity index (χ0) is 24.6. The number of likely N-dealkylation sites (N-methyl/N-ethyl adjacent to an activating group) is 2. The van der Waals surface area contributed by atoms with Gasteiger partial charge in [-0.2, -0.15) is 0 Å². The second-order valence-electron chi connectivity index (χ2n) is 8.97. The Morgan fingerprint density at radius 3 is 2.00 bits per heavy atom. The van der Waals surface area contributed by atoms with Crippen molar-refractivity contribution in [2.24, 2.45) is 0 Å². The monoisotopic (exact) mass is 540 g/mol. The van der Waals surface area contributed by atoms with E-state index in [1.165, 1.54) is 12.8 Å². The maximum Gasteiger partial charge on any atom is 0.116 e. The molecule has 2 aliphatic carbocycles. The Morgan fingerprint density at radius 2 is 1.46 bits per heavy atom. The van der Waals surface area contributed by atoms with Crippen LogP contribution in [0.15, 0.2) is 60.4 Å². The van der Waals surface area contributed by atoms with Crippen molar-refractivity contribution >= 4 is 35.6 Å². The first-order chi connectivity index (χ1) is 16.5. The van der Waals surface area contributed by atoms with E-state index in [4.69, 9.17) is 32.7 Å². The minimum Gasteiger partial charge on any atom is -0.499 e. The Balaban J connectivity index is 0.000000240. The van der Waals surface area contributed by atoms with Gasteiger partial charge >= 0.3 is 0 Å². The highest BCUT2D eigenvalue weighted by atomic mass is 35.5. The van der Waals surface area contributed by atoms with Crippen LogP contribution in [-0.4, -0.2) is 34.4 Å². The minimum atomic E-state index is -0.272. The molecule has 0 aliphatic heterocycles. The summed E-state index contributed by atoms with van der Waals surface area (Å²) in [5, 5.41) is 8.47. The second kappa shape index (κ2) is 13.9. The highest BCUT2D eigenvalue weighted by Gasteiger charge is 2.42. The fourth-order valence-electron chi connectivity index (χ4n) is 5.62. The van der Waals surface area contributed by atoms with Gasteiger partial charge in [0.1, 0.15) is 11.3 Å². The summed E-state index contributed by atoms with van der Waals surface area (Å²) >= 11 is 12.7. The van der Waals surface area contributed by atoms with Crippen LogP contribution in [-0.2, 0) is 20.6 Å². The molecular formula is C28H39Cl3N2O2. The lowest BCUT2D eigenvalue weighted by atomic mass is 9.74. The van der Waals surface area contributed by atoms with Crippen LogP contribution in [0, 0.1) is 0 Å². The molecule has 1 fully saturated rings. The molecule has 2 aromatic rings. The lowest BCUT2D eigenvalue weighted by molar-refractivity contribution is -0.0118. The van der Waals surface area contributed by atoms with Gasteiger partial charge in [0.2, 0.25) is 0 Å². The summed E-state index contributed by atoms with van der Waals surface area (Å²) in [6.45, 7) is 0. The van der Waals surface area contributed by atoms with Gasteiger partial charge in [-0.25, -0.2) is 0 Å². The van der Waals surface area contributed by atoms with Crippen molar-refractivity contribution in [1.82, 2.24) is 10.6 Å². The van der Waals surface area contributed by atoms with Gasteiger partial charge in [0.15, 0.2) is 0 Å². The molecule has 35 heavy (non-hydrogen) atoms. The molecule has 0 amide bonds. The number of benzene rings is 2. The van der Waals surface area contributed by atoms with Crippen molar-refractivity contribution < 1.29 is 9.47 Å². The Morgan fingerprint density at radius 1 is 0.829 bits per heavy atom. The van der Waals surface area contributed by atoms with E-state index in [0.717, 1.165) is 59.0 Å². The van der Waals surface area contributed by atoms with Gasteiger partial charge in [0, 0.05) is 17.2 Å². The van der Waals surface area contributed by atoms with Crippen LogP contribution in [0.25, 0.3) is 0 Å². The van der Waals surface area contributed by atoms with Crippen molar-refractivity contribution in [2.45, 2.75) is 62.1 Å². The highest BCUT2D eigenvalue weighted by Crippen LogP contribution is 2.42. The smallest absolute Gasteiger partial charge is 0.116 e. The van der Waals surface area contributed by atoms with E-state index in [1.54, 1.807) is 14.2 Å². The number of allylic oxidation sites excluding steroid dienone is 1. The summed E-state index contributed by atoms with van der Waals surface area (Å²) in [6, 6.07) is 16.0. The molecule has 0 saturated heterocycles. The SMILES string of the molecule is CN[C@]1(c2ccccc2Cl)CCCC=C1OC.CN[C@]1(c2ccccc2Cl)CCCCC1OC.Cl. The molecule has 2 aromatic carbocycles. The number of methoxy groups -OCH3 is 2. The van der Waals surface area contributed by atoms with E-state index < -0.39 is 0 Å². The van der Waals surface area contributed by atoms with Crippen LogP contribution in [0.4, 0.5) is 0 Å². The van der Waals surface area contributed by atoms with Crippen molar-refractivity contribution in [3.8, 4) is 0 Å². The Labute approximate surface area is 227 Å². The van der Waals surface area contributed by atoms with Gasteiger partial charge < -0.3 is 20.1 Å². The summed E-state index contributed by atoms with van der Waals surface area (Å²) < 4.78 is 11.2. The molecule has 0 heterocycles. The van der Waals surface area contributed by atoms with Gasteiger partial charge in [-0.05, 0) is 75.5 Å². The van der Waals surface area contributed by atoms with Gasteiger partial charge in [0.25, 0.3) is 0 Å². The van der Waals surface area contributed by atoms with E-state index in [9.17, 15) is 0 Å². The largest absolute Gasteiger partial charge is 0.499 e. The number of halogens is 3. The summed E-state index contributed by atoms with van der Waals surface area (Å²) in [5.41, 5.74) is 1.85. The predicted molar refractivity (Wildman–Crippen MR) is 150 cm³/mol. The molecule has 0 aromatic heterocycles. The van der Waals surface area contributed by atoms with Crippen molar-refractivity contribution in [3.05, 3.63) is 81.5 Å². The lowest BCUT2D eigenvalue weighted by Crippen LogP contribution is -2.52. The molecule has 2 aliphatic rings. The molecule has 194 valence electrons. The van der Waals surface area contributed by atoms with Crippen molar-refractivity contribution in [1.29, 1.82) is 0 Å². The average molecular weight is 542 g/mol. The number of hydrogen-bond donors (Lipinski definition) is 2. The Bertz CT molecular complexity index is 971. The van der Waals surface area contributed by atoms with E-state index in [0.29, 0.717) is 0 Å². The maximum absolute atomic E-state index is 6.35. The quantitative estimate of drug-likeness (QED) is 0.405. The Kier molecular flexibility index (Phi) is 11.9. The summed E-state index contributed by atoms with van der Waals surface area (Å²) in [7, 11) is 7.47. The molecule has 0 bridgehead atoms. The molecule has 4 nitrogen and oxygen atoms in total. The number of ether oxygens (including phenoxy) is 2. The zero-order valence-electron chi connectivity index (χ0n) is 21.2. The van der Waals surface area contributed by atoms with Gasteiger partial charge in [-0.15, -0.1) is 12.4 Å². The molecule has 1 saturated carbocycles.